The number of amides is 1. The van der Waals surface area contributed by atoms with E-state index in [1.165, 1.54) is 16.7 Å². The number of carbonyl (C=O) groups is 1. The zero-order valence-corrected chi connectivity index (χ0v) is 22.5. The number of fused-ring (bicyclic) bond motifs is 1. The van der Waals surface area contributed by atoms with E-state index >= 15 is 0 Å². The summed E-state index contributed by atoms with van der Waals surface area (Å²) in [7, 11) is 1.60. The molecule has 9 heteroatoms. The summed E-state index contributed by atoms with van der Waals surface area (Å²) in [5.41, 5.74) is 6.33. The van der Waals surface area contributed by atoms with Gasteiger partial charge < -0.3 is 20.5 Å². The Morgan fingerprint density at radius 2 is 1.82 bits per heavy atom. The lowest BCUT2D eigenvalue weighted by Gasteiger charge is -2.28. The fraction of sp³-hybridized carbons (Fsp3) is 0.207. The average molecular weight is 528 g/mol. The zero-order valence-electron chi connectivity index (χ0n) is 21.6. The molecule has 0 spiro atoms. The molecule has 8 nitrogen and oxygen atoms in total. The molecule has 1 atom stereocenters. The van der Waals surface area contributed by atoms with Gasteiger partial charge in [-0.2, -0.15) is 4.98 Å². The van der Waals surface area contributed by atoms with E-state index in [0.717, 1.165) is 11.3 Å². The first-order valence-electron chi connectivity index (χ1n) is 12.2. The number of phenols is 1. The van der Waals surface area contributed by atoms with Crippen LogP contribution in [0.5, 0.6) is 11.5 Å². The van der Waals surface area contributed by atoms with Crippen molar-refractivity contribution in [2.45, 2.75) is 37.7 Å². The number of methoxy groups -OCH3 is 1. The predicted octanol–water partition coefficient (Wildman–Crippen LogP) is 5.83. The standard InChI is InChI=1S/C29H29N5O3S/c1-17-5-6-21(18(2)15-17)16-38-29-32-28-30-19(3)25(27(36)31-22-9-13-24(37-4)14-10-22)26(34(28)33-29)20-7-11-23(35)12-8-20/h5-15,26,35H,16H2,1-4H3,(H,31,36)(H,30,32,33). The molecule has 0 saturated heterocycles. The van der Waals surface area contributed by atoms with Gasteiger partial charge in [-0.25, -0.2) is 4.68 Å². The van der Waals surface area contributed by atoms with Crippen LogP contribution in [0.2, 0.25) is 0 Å². The molecule has 4 aromatic rings. The number of aryl methyl sites for hydroxylation is 2. The van der Waals surface area contributed by atoms with Crippen LogP contribution in [0, 0.1) is 13.8 Å². The molecule has 1 amide bonds. The normalized spacial score (nSPS) is 14.6. The molecule has 5 rings (SSSR count). The van der Waals surface area contributed by atoms with Gasteiger partial charge in [0.25, 0.3) is 5.91 Å². The van der Waals surface area contributed by atoms with Gasteiger partial charge in [-0.05, 0) is 73.9 Å². The molecule has 0 bridgehead atoms. The minimum atomic E-state index is -0.534. The van der Waals surface area contributed by atoms with Gasteiger partial charge in [0.15, 0.2) is 0 Å². The van der Waals surface area contributed by atoms with Crippen molar-refractivity contribution in [2.75, 3.05) is 17.7 Å². The number of allylic oxidation sites excluding steroid dienone is 1. The molecular formula is C29H29N5O3S. The van der Waals surface area contributed by atoms with Gasteiger partial charge in [-0.15, -0.1) is 5.10 Å². The predicted molar refractivity (Wildman–Crippen MR) is 150 cm³/mol. The van der Waals surface area contributed by atoms with Crippen molar-refractivity contribution in [2.24, 2.45) is 0 Å². The number of benzene rings is 3. The highest BCUT2D eigenvalue weighted by molar-refractivity contribution is 7.98. The van der Waals surface area contributed by atoms with Gasteiger partial charge in [0, 0.05) is 17.1 Å². The van der Waals surface area contributed by atoms with Crippen LogP contribution in [0.3, 0.4) is 0 Å². The van der Waals surface area contributed by atoms with Gasteiger partial charge >= 0.3 is 0 Å². The third-order valence-corrected chi connectivity index (χ3v) is 7.38. The first kappa shape index (κ1) is 25.4. The highest BCUT2D eigenvalue weighted by Gasteiger charge is 2.34. The Morgan fingerprint density at radius 3 is 2.50 bits per heavy atom. The van der Waals surface area contributed by atoms with Crippen LogP contribution in [-0.4, -0.2) is 32.9 Å². The van der Waals surface area contributed by atoms with E-state index < -0.39 is 6.04 Å². The number of aromatic hydroxyl groups is 1. The van der Waals surface area contributed by atoms with Gasteiger partial charge in [0.1, 0.15) is 17.5 Å². The van der Waals surface area contributed by atoms with Crippen LogP contribution in [0.25, 0.3) is 0 Å². The molecule has 38 heavy (non-hydrogen) atoms. The van der Waals surface area contributed by atoms with E-state index in [4.69, 9.17) is 14.8 Å². The maximum Gasteiger partial charge on any atom is 0.255 e. The van der Waals surface area contributed by atoms with Gasteiger partial charge in [0.2, 0.25) is 11.1 Å². The molecule has 0 fully saturated rings. The van der Waals surface area contributed by atoms with Gasteiger partial charge in [-0.3, -0.25) is 4.79 Å². The van der Waals surface area contributed by atoms with E-state index in [2.05, 4.69) is 42.7 Å². The van der Waals surface area contributed by atoms with Crippen LogP contribution in [-0.2, 0) is 10.5 Å². The van der Waals surface area contributed by atoms with Crippen molar-refractivity contribution in [3.63, 3.8) is 0 Å². The topological polar surface area (TPSA) is 101 Å². The molecule has 1 aliphatic rings. The smallest absolute Gasteiger partial charge is 0.255 e. The van der Waals surface area contributed by atoms with E-state index in [9.17, 15) is 9.90 Å². The molecule has 0 radical (unpaired) electrons. The Labute approximate surface area is 225 Å². The first-order valence-corrected chi connectivity index (χ1v) is 13.2. The summed E-state index contributed by atoms with van der Waals surface area (Å²) in [5, 5.41) is 21.6. The number of hydrogen-bond donors (Lipinski definition) is 3. The van der Waals surface area contributed by atoms with Crippen molar-refractivity contribution < 1.29 is 14.6 Å². The SMILES string of the molecule is COc1ccc(NC(=O)C2=C(C)Nc3nc(SCc4ccc(C)cc4C)nn3C2c2ccc(O)cc2)cc1. The third-order valence-electron chi connectivity index (χ3n) is 6.49. The van der Waals surface area contributed by atoms with Crippen molar-refractivity contribution in [1.29, 1.82) is 0 Å². The highest BCUT2D eigenvalue weighted by atomic mass is 32.2. The van der Waals surface area contributed by atoms with Gasteiger partial charge in [-0.1, -0.05) is 47.7 Å². The molecule has 0 saturated carbocycles. The fourth-order valence-electron chi connectivity index (χ4n) is 4.47. The number of carbonyl (C=O) groups excluding carboxylic acids is 1. The lowest BCUT2D eigenvalue weighted by Crippen LogP contribution is -2.31. The second kappa shape index (κ2) is 10.6. The minimum Gasteiger partial charge on any atom is -0.508 e. The third kappa shape index (κ3) is 5.24. The van der Waals surface area contributed by atoms with E-state index in [1.807, 2.05) is 6.92 Å². The summed E-state index contributed by atoms with van der Waals surface area (Å²) in [6.45, 7) is 6.05. The summed E-state index contributed by atoms with van der Waals surface area (Å²) in [6.07, 6.45) is 0. The number of ether oxygens (including phenoxy) is 1. The molecular weight excluding hydrogens is 498 g/mol. The second-order valence-electron chi connectivity index (χ2n) is 9.22. The maximum absolute atomic E-state index is 13.6. The number of hydrogen-bond acceptors (Lipinski definition) is 7. The molecule has 194 valence electrons. The Hall–Kier alpha value is -4.24. The van der Waals surface area contributed by atoms with Crippen molar-refractivity contribution in [3.8, 4) is 11.5 Å². The molecule has 2 heterocycles. The van der Waals surface area contributed by atoms with Gasteiger partial charge in [0.05, 0.1) is 12.7 Å². The molecule has 1 aromatic heterocycles. The lowest BCUT2D eigenvalue weighted by molar-refractivity contribution is -0.113. The first-order chi connectivity index (χ1) is 18.3. The summed E-state index contributed by atoms with van der Waals surface area (Å²) in [5.74, 6) is 1.89. The summed E-state index contributed by atoms with van der Waals surface area (Å²) in [4.78, 5) is 18.3. The number of phenolic OH excluding ortho intramolecular Hbond substituents is 1. The lowest BCUT2D eigenvalue weighted by atomic mass is 9.95. The number of aromatic nitrogens is 3. The monoisotopic (exact) mass is 527 g/mol. The van der Waals surface area contributed by atoms with Crippen LogP contribution >= 0.6 is 11.8 Å². The van der Waals surface area contributed by atoms with Crippen LogP contribution in [0.1, 0.15) is 35.2 Å². The van der Waals surface area contributed by atoms with E-state index in [0.29, 0.717) is 33.8 Å². The van der Waals surface area contributed by atoms with E-state index in [1.54, 1.807) is 72.1 Å². The average Bonchev–Trinajstić information content (AvgIpc) is 3.30. The minimum absolute atomic E-state index is 0.149. The number of nitrogens with one attached hydrogen (secondary N) is 2. The number of rotatable bonds is 7. The summed E-state index contributed by atoms with van der Waals surface area (Å²) < 4.78 is 6.96. The molecule has 3 N–H and O–H groups in total. The summed E-state index contributed by atoms with van der Waals surface area (Å²) >= 11 is 1.55. The van der Waals surface area contributed by atoms with E-state index in [-0.39, 0.29) is 11.7 Å². The molecule has 1 unspecified atom stereocenters. The molecule has 1 aliphatic heterocycles. The van der Waals surface area contributed by atoms with Crippen molar-refractivity contribution >= 4 is 29.3 Å². The maximum atomic E-state index is 13.6. The number of thioether (sulfide) groups is 1. The zero-order chi connectivity index (χ0) is 26.8. The fourth-order valence-corrected chi connectivity index (χ4v) is 5.38. The van der Waals surface area contributed by atoms with Crippen LogP contribution < -0.4 is 15.4 Å². The Balaban J connectivity index is 1.46. The van der Waals surface area contributed by atoms with Crippen molar-refractivity contribution in [3.05, 3.63) is 100 Å². The Kier molecular flexibility index (Phi) is 7.11. The molecule has 0 aliphatic carbocycles. The van der Waals surface area contributed by atoms with Crippen LogP contribution in [0.15, 0.2) is 83.2 Å². The molecule has 3 aromatic carbocycles. The largest absolute Gasteiger partial charge is 0.508 e. The Morgan fingerprint density at radius 1 is 1.08 bits per heavy atom. The number of anilines is 2. The Bertz CT molecular complexity index is 1510. The number of nitrogens with zero attached hydrogens (tertiary/aromatic N) is 3. The van der Waals surface area contributed by atoms with Crippen molar-refractivity contribution in [1.82, 2.24) is 14.8 Å². The van der Waals surface area contributed by atoms with Crippen LogP contribution in [0.4, 0.5) is 11.6 Å². The highest BCUT2D eigenvalue weighted by Crippen LogP contribution is 2.37. The second-order valence-corrected chi connectivity index (χ2v) is 10.2. The quantitative estimate of drug-likeness (QED) is 0.260. The summed E-state index contributed by atoms with van der Waals surface area (Å²) in [6, 6.07) is 19.9.